The Kier molecular flexibility index (Phi) is 4.52. The van der Waals surface area contributed by atoms with Crippen LogP contribution in [0.15, 0.2) is 18.2 Å². The summed E-state index contributed by atoms with van der Waals surface area (Å²) in [6.45, 7) is 1.94. The number of benzene rings is 1. The number of carbonyl (C=O) groups excluding carboxylic acids is 1. The van der Waals surface area contributed by atoms with Gasteiger partial charge >= 0.3 is 0 Å². The summed E-state index contributed by atoms with van der Waals surface area (Å²) in [5.74, 6) is 3.15. The van der Waals surface area contributed by atoms with Gasteiger partial charge in [0.2, 0.25) is 0 Å². The molecule has 0 amide bonds. The smallest absolute Gasteiger partial charge is 0.164 e. The molecule has 1 nitrogen and oxygen atoms in total. The molecule has 0 N–H and O–H groups in total. The lowest BCUT2D eigenvalue weighted by Crippen LogP contribution is -2.14. The fourth-order valence-electron chi connectivity index (χ4n) is 2.19. The SMILES string of the molecule is Cc1cccc(C(=O)CC2CCSCC2)c1Cl. The van der Waals surface area contributed by atoms with Gasteiger partial charge in [-0.3, -0.25) is 4.79 Å². The maximum Gasteiger partial charge on any atom is 0.164 e. The second-order valence-corrected chi connectivity index (χ2v) is 6.22. The van der Waals surface area contributed by atoms with E-state index >= 15 is 0 Å². The third-order valence-corrected chi connectivity index (χ3v) is 4.86. The van der Waals surface area contributed by atoms with E-state index in [0.717, 1.165) is 5.56 Å². The van der Waals surface area contributed by atoms with Gasteiger partial charge in [0.05, 0.1) is 5.02 Å². The van der Waals surface area contributed by atoms with Crippen LogP contribution < -0.4 is 0 Å². The minimum absolute atomic E-state index is 0.204. The average Bonchev–Trinajstić information content (AvgIpc) is 2.34. The van der Waals surface area contributed by atoms with Crippen LogP contribution in [0, 0.1) is 12.8 Å². The fourth-order valence-corrected chi connectivity index (χ4v) is 3.62. The molecule has 1 aromatic carbocycles. The Morgan fingerprint density at radius 1 is 1.41 bits per heavy atom. The molecule has 1 aliphatic heterocycles. The van der Waals surface area contributed by atoms with Gasteiger partial charge in [-0.05, 0) is 48.8 Å². The zero-order valence-electron chi connectivity index (χ0n) is 10.0. The van der Waals surface area contributed by atoms with Crippen LogP contribution in [0.4, 0.5) is 0 Å². The molecule has 0 spiro atoms. The Morgan fingerprint density at radius 2 is 2.12 bits per heavy atom. The largest absolute Gasteiger partial charge is 0.294 e. The second-order valence-electron chi connectivity index (χ2n) is 4.62. The van der Waals surface area contributed by atoms with Crippen LogP contribution in [-0.2, 0) is 0 Å². The van der Waals surface area contributed by atoms with Crippen LogP contribution >= 0.6 is 23.4 Å². The third kappa shape index (κ3) is 3.26. The predicted molar refractivity (Wildman–Crippen MR) is 75.2 cm³/mol. The van der Waals surface area contributed by atoms with E-state index in [-0.39, 0.29) is 5.78 Å². The number of thioether (sulfide) groups is 1. The maximum absolute atomic E-state index is 12.2. The van der Waals surface area contributed by atoms with Gasteiger partial charge in [0.1, 0.15) is 0 Å². The van der Waals surface area contributed by atoms with Gasteiger partial charge in [0.25, 0.3) is 0 Å². The second kappa shape index (κ2) is 5.92. The Morgan fingerprint density at radius 3 is 2.82 bits per heavy atom. The molecular formula is C14H17ClOS. The molecule has 1 aliphatic rings. The Hall–Kier alpha value is -0.470. The van der Waals surface area contributed by atoms with E-state index in [0.29, 0.717) is 22.9 Å². The predicted octanol–water partition coefficient (Wildman–Crippen LogP) is 4.36. The van der Waals surface area contributed by atoms with Gasteiger partial charge in [0, 0.05) is 12.0 Å². The van der Waals surface area contributed by atoms with Gasteiger partial charge in [-0.2, -0.15) is 11.8 Å². The molecule has 0 saturated carbocycles. The van der Waals surface area contributed by atoms with Crippen LogP contribution in [0.3, 0.4) is 0 Å². The van der Waals surface area contributed by atoms with Gasteiger partial charge in [-0.1, -0.05) is 23.7 Å². The van der Waals surface area contributed by atoms with E-state index < -0.39 is 0 Å². The first-order chi connectivity index (χ1) is 8.18. The highest BCUT2D eigenvalue weighted by molar-refractivity contribution is 7.99. The van der Waals surface area contributed by atoms with Gasteiger partial charge < -0.3 is 0 Å². The molecule has 0 aliphatic carbocycles. The van der Waals surface area contributed by atoms with Crippen molar-refractivity contribution in [2.75, 3.05) is 11.5 Å². The minimum Gasteiger partial charge on any atom is -0.294 e. The Balaban J connectivity index is 2.06. The maximum atomic E-state index is 12.2. The standard InChI is InChI=1S/C14H17ClOS/c1-10-3-2-4-12(14(10)15)13(16)9-11-5-7-17-8-6-11/h2-4,11H,5-9H2,1H3. The van der Waals surface area contributed by atoms with E-state index in [1.165, 1.54) is 24.3 Å². The first-order valence-electron chi connectivity index (χ1n) is 6.04. The number of aryl methyl sites for hydroxylation is 1. The van der Waals surface area contributed by atoms with Crippen molar-refractivity contribution >= 4 is 29.1 Å². The van der Waals surface area contributed by atoms with Crippen LogP contribution in [0.1, 0.15) is 35.2 Å². The van der Waals surface area contributed by atoms with Crippen LogP contribution in [0.5, 0.6) is 0 Å². The topological polar surface area (TPSA) is 17.1 Å². The van der Waals surface area contributed by atoms with Crippen molar-refractivity contribution in [1.29, 1.82) is 0 Å². The van der Waals surface area contributed by atoms with Crippen molar-refractivity contribution in [2.45, 2.75) is 26.2 Å². The molecule has 0 atom stereocenters. The van der Waals surface area contributed by atoms with Gasteiger partial charge in [0.15, 0.2) is 5.78 Å². The summed E-state index contributed by atoms with van der Waals surface area (Å²) in [5.41, 5.74) is 1.68. The van der Waals surface area contributed by atoms with Crippen molar-refractivity contribution in [3.63, 3.8) is 0 Å². The third-order valence-electron chi connectivity index (χ3n) is 3.31. The number of hydrogen-bond acceptors (Lipinski definition) is 2. The van der Waals surface area contributed by atoms with Crippen molar-refractivity contribution in [3.8, 4) is 0 Å². The molecule has 0 unspecified atom stereocenters. The molecule has 0 radical (unpaired) electrons. The highest BCUT2D eigenvalue weighted by Crippen LogP contribution is 2.28. The van der Waals surface area contributed by atoms with E-state index in [9.17, 15) is 4.79 Å². The molecule has 2 rings (SSSR count). The molecule has 0 bridgehead atoms. The van der Waals surface area contributed by atoms with Crippen molar-refractivity contribution in [2.24, 2.45) is 5.92 Å². The Bertz CT molecular complexity index is 411. The number of hydrogen-bond donors (Lipinski definition) is 0. The molecule has 1 saturated heterocycles. The molecule has 0 aromatic heterocycles. The fraction of sp³-hybridized carbons (Fsp3) is 0.500. The summed E-state index contributed by atoms with van der Waals surface area (Å²) in [5, 5.41) is 0.627. The molecule has 3 heteroatoms. The summed E-state index contributed by atoms with van der Waals surface area (Å²) in [7, 11) is 0. The van der Waals surface area contributed by atoms with Crippen molar-refractivity contribution in [3.05, 3.63) is 34.3 Å². The zero-order chi connectivity index (χ0) is 12.3. The average molecular weight is 269 g/mol. The number of carbonyl (C=O) groups is 1. The van der Waals surface area contributed by atoms with E-state index in [4.69, 9.17) is 11.6 Å². The normalized spacial score (nSPS) is 17.1. The van der Waals surface area contributed by atoms with Crippen molar-refractivity contribution < 1.29 is 4.79 Å². The summed E-state index contributed by atoms with van der Waals surface area (Å²) in [6, 6.07) is 5.69. The van der Waals surface area contributed by atoms with E-state index in [2.05, 4.69) is 0 Å². The quantitative estimate of drug-likeness (QED) is 0.758. The highest BCUT2D eigenvalue weighted by Gasteiger charge is 2.19. The number of halogens is 1. The van der Waals surface area contributed by atoms with Gasteiger partial charge in [-0.15, -0.1) is 0 Å². The number of Topliss-reactive ketones (excluding diaryl/α,β-unsaturated/α-hetero) is 1. The highest BCUT2D eigenvalue weighted by atomic mass is 35.5. The minimum atomic E-state index is 0.204. The van der Waals surface area contributed by atoms with E-state index in [1.807, 2.05) is 36.9 Å². The summed E-state index contributed by atoms with van der Waals surface area (Å²) < 4.78 is 0. The monoisotopic (exact) mass is 268 g/mol. The van der Waals surface area contributed by atoms with Crippen LogP contribution in [-0.4, -0.2) is 17.3 Å². The lowest BCUT2D eigenvalue weighted by Gasteiger charge is -2.20. The molecule has 92 valence electrons. The van der Waals surface area contributed by atoms with Gasteiger partial charge in [-0.25, -0.2) is 0 Å². The first kappa shape index (κ1) is 13.0. The van der Waals surface area contributed by atoms with E-state index in [1.54, 1.807) is 0 Å². The molecule has 1 fully saturated rings. The van der Waals surface area contributed by atoms with Crippen LogP contribution in [0.2, 0.25) is 5.02 Å². The molecule has 1 heterocycles. The number of rotatable bonds is 3. The number of ketones is 1. The van der Waals surface area contributed by atoms with Crippen molar-refractivity contribution in [1.82, 2.24) is 0 Å². The van der Waals surface area contributed by atoms with Crippen LogP contribution in [0.25, 0.3) is 0 Å². The zero-order valence-corrected chi connectivity index (χ0v) is 11.6. The lowest BCUT2D eigenvalue weighted by molar-refractivity contribution is 0.0959. The summed E-state index contributed by atoms with van der Waals surface area (Å²) in [4.78, 5) is 12.2. The first-order valence-corrected chi connectivity index (χ1v) is 7.58. The lowest BCUT2D eigenvalue weighted by atomic mass is 9.93. The molecular weight excluding hydrogens is 252 g/mol. The molecule has 17 heavy (non-hydrogen) atoms. The summed E-state index contributed by atoms with van der Waals surface area (Å²) >= 11 is 8.17. The summed E-state index contributed by atoms with van der Waals surface area (Å²) in [6.07, 6.45) is 2.99. The Labute approximate surface area is 112 Å². The molecule has 1 aromatic rings.